The van der Waals surface area contributed by atoms with Gasteiger partial charge in [-0.1, -0.05) is 26.0 Å². The number of piperidine rings is 1. The van der Waals surface area contributed by atoms with Gasteiger partial charge in [-0.25, -0.2) is 4.39 Å². The normalized spacial score (nSPS) is 24.0. The van der Waals surface area contributed by atoms with Crippen LogP contribution in [0.15, 0.2) is 24.3 Å². The highest BCUT2D eigenvalue weighted by atomic mass is 19.1. The molecule has 176 valence electrons. The van der Waals surface area contributed by atoms with Crippen LogP contribution >= 0.6 is 0 Å². The van der Waals surface area contributed by atoms with Crippen molar-refractivity contribution >= 4 is 11.8 Å². The van der Waals surface area contributed by atoms with E-state index in [9.17, 15) is 14.0 Å². The number of rotatable bonds is 6. The van der Waals surface area contributed by atoms with Crippen LogP contribution in [0.5, 0.6) is 0 Å². The summed E-state index contributed by atoms with van der Waals surface area (Å²) in [7, 11) is 0. The molecule has 1 spiro atoms. The van der Waals surface area contributed by atoms with E-state index in [0.717, 1.165) is 44.5 Å². The van der Waals surface area contributed by atoms with Gasteiger partial charge in [0.1, 0.15) is 5.82 Å². The van der Waals surface area contributed by atoms with Crippen LogP contribution in [0.4, 0.5) is 4.39 Å². The molecule has 3 aliphatic rings. The van der Waals surface area contributed by atoms with Gasteiger partial charge in [0.05, 0.1) is 25.2 Å². The van der Waals surface area contributed by atoms with E-state index < -0.39 is 0 Å². The van der Waals surface area contributed by atoms with Crippen molar-refractivity contribution in [1.82, 2.24) is 14.7 Å². The van der Waals surface area contributed by atoms with Gasteiger partial charge >= 0.3 is 0 Å². The van der Waals surface area contributed by atoms with Crippen LogP contribution < -0.4 is 0 Å². The first-order chi connectivity index (χ1) is 15.4. The maximum atomic E-state index is 13.7. The molecule has 0 bridgehead atoms. The molecule has 4 rings (SSSR count). The van der Waals surface area contributed by atoms with E-state index >= 15 is 0 Å². The van der Waals surface area contributed by atoms with E-state index in [1.54, 1.807) is 12.1 Å². The van der Waals surface area contributed by atoms with Crippen LogP contribution in [-0.2, 0) is 20.7 Å². The van der Waals surface area contributed by atoms with E-state index in [1.165, 1.54) is 6.07 Å². The zero-order valence-corrected chi connectivity index (χ0v) is 19.4. The lowest BCUT2D eigenvalue weighted by Crippen LogP contribution is -2.50. The summed E-state index contributed by atoms with van der Waals surface area (Å²) in [4.78, 5) is 32.5. The maximum Gasteiger partial charge on any atom is 0.236 e. The van der Waals surface area contributed by atoms with Gasteiger partial charge in [0.2, 0.25) is 11.8 Å². The molecule has 1 aromatic carbocycles. The third-order valence-corrected chi connectivity index (χ3v) is 7.24. The molecule has 0 aromatic heterocycles. The Balaban J connectivity index is 1.41. The van der Waals surface area contributed by atoms with Gasteiger partial charge in [0, 0.05) is 38.8 Å². The van der Waals surface area contributed by atoms with Crippen molar-refractivity contribution in [2.24, 2.45) is 11.3 Å². The molecular weight excluding hydrogens is 409 g/mol. The Labute approximate surface area is 190 Å². The quantitative estimate of drug-likeness (QED) is 0.676. The molecule has 3 saturated heterocycles. The summed E-state index contributed by atoms with van der Waals surface area (Å²) in [6.45, 7) is 9.66. The second kappa shape index (κ2) is 9.87. The summed E-state index contributed by atoms with van der Waals surface area (Å²) in [6, 6.07) is 6.81. The van der Waals surface area contributed by atoms with Crippen molar-refractivity contribution in [2.45, 2.75) is 45.6 Å². The largest absolute Gasteiger partial charge is 0.379 e. The maximum absolute atomic E-state index is 13.7. The van der Waals surface area contributed by atoms with E-state index in [-0.39, 0.29) is 29.1 Å². The molecule has 7 heteroatoms. The Morgan fingerprint density at radius 3 is 2.56 bits per heavy atom. The van der Waals surface area contributed by atoms with Gasteiger partial charge in [0.15, 0.2) is 0 Å². The first-order valence-corrected chi connectivity index (χ1v) is 12.0. The number of amides is 2. The van der Waals surface area contributed by atoms with Crippen molar-refractivity contribution in [1.29, 1.82) is 0 Å². The Morgan fingerprint density at radius 2 is 1.91 bits per heavy atom. The van der Waals surface area contributed by atoms with Gasteiger partial charge < -0.3 is 14.5 Å². The molecule has 3 heterocycles. The number of hydrogen-bond donors (Lipinski definition) is 0. The fourth-order valence-electron chi connectivity index (χ4n) is 5.52. The molecule has 2 amide bonds. The number of ether oxygens (including phenoxy) is 1. The van der Waals surface area contributed by atoms with Crippen molar-refractivity contribution in [3.63, 3.8) is 0 Å². The lowest BCUT2D eigenvalue weighted by atomic mass is 9.75. The molecular formula is C25H36FN3O3. The zero-order valence-electron chi connectivity index (χ0n) is 19.4. The third kappa shape index (κ3) is 5.15. The summed E-state index contributed by atoms with van der Waals surface area (Å²) >= 11 is 0. The molecule has 3 fully saturated rings. The second-order valence-corrected chi connectivity index (χ2v) is 10.1. The van der Waals surface area contributed by atoms with Crippen LogP contribution in [0.1, 0.15) is 38.7 Å². The lowest BCUT2D eigenvalue weighted by molar-refractivity contribution is -0.144. The summed E-state index contributed by atoms with van der Waals surface area (Å²) in [5, 5.41) is 0. The smallest absolute Gasteiger partial charge is 0.236 e. The predicted octanol–water partition coefficient (Wildman–Crippen LogP) is 2.57. The molecule has 6 nitrogen and oxygen atoms in total. The summed E-state index contributed by atoms with van der Waals surface area (Å²) in [6.07, 6.45) is 2.90. The van der Waals surface area contributed by atoms with Crippen molar-refractivity contribution < 1.29 is 18.7 Å². The Hall–Kier alpha value is -1.99. The number of benzene rings is 1. The van der Waals surface area contributed by atoms with Crippen LogP contribution in [0.2, 0.25) is 0 Å². The molecule has 0 aliphatic carbocycles. The molecule has 3 aliphatic heterocycles. The van der Waals surface area contributed by atoms with Gasteiger partial charge in [-0.15, -0.1) is 0 Å². The fourth-order valence-corrected chi connectivity index (χ4v) is 5.52. The molecule has 0 radical (unpaired) electrons. The van der Waals surface area contributed by atoms with E-state index in [4.69, 9.17) is 4.74 Å². The van der Waals surface area contributed by atoms with E-state index in [1.807, 2.05) is 15.9 Å². The van der Waals surface area contributed by atoms with E-state index in [2.05, 4.69) is 18.7 Å². The van der Waals surface area contributed by atoms with Crippen LogP contribution in [0, 0.1) is 17.2 Å². The number of nitrogens with zero attached hydrogens (tertiary/aromatic N) is 3. The highest BCUT2D eigenvalue weighted by Gasteiger charge is 2.52. The SMILES string of the molecule is CC(C)CN1C(=O)C2(CCN(C(=O)CN3CCOCC3)CC2)C[C@@H]1Cc1cccc(F)c1. The van der Waals surface area contributed by atoms with Gasteiger partial charge in [-0.2, -0.15) is 0 Å². The number of morpholine rings is 1. The van der Waals surface area contributed by atoms with Gasteiger partial charge in [0.25, 0.3) is 0 Å². The summed E-state index contributed by atoms with van der Waals surface area (Å²) < 4.78 is 19.1. The van der Waals surface area contributed by atoms with Crippen LogP contribution in [0.3, 0.4) is 0 Å². The Kier molecular flexibility index (Phi) is 7.15. The van der Waals surface area contributed by atoms with Crippen molar-refractivity contribution in [3.8, 4) is 0 Å². The standard InChI is InChI=1S/C25H36FN3O3/c1-19(2)17-29-22(15-20-4-3-5-21(26)14-20)16-25(24(29)31)6-8-28(9-7-25)23(30)18-27-10-12-32-13-11-27/h3-5,14,19,22H,6-13,15-18H2,1-2H3/t22-/m0/s1. The Bertz CT molecular complexity index is 816. The highest BCUT2D eigenvalue weighted by molar-refractivity contribution is 5.86. The van der Waals surface area contributed by atoms with Gasteiger partial charge in [-0.3, -0.25) is 14.5 Å². The number of halogens is 1. The van der Waals surface area contributed by atoms with E-state index in [0.29, 0.717) is 45.2 Å². The molecule has 0 N–H and O–H groups in total. The lowest BCUT2D eigenvalue weighted by Gasteiger charge is -2.39. The average molecular weight is 446 g/mol. The molecule has 0 saturated carbocycles. The van der Waals surface area contributed by atoms with Crippen LogP contribution in [0.25, 0.3) is 0 Å². The summed E-state index contributed by atoms with van der Waals surface area (Å²) in [5.74, 6) is 0.527. The number of likely N-dealkylation sites (tertiary alicyclic amines) is 2. The number of hydrogen-bond acceptors (Lipinski definition) is 4. The summed E-state index contributed by atoms with van der Waals surface area (Å²) in [5.41, 5.74) is 0.551. The molecule has 32 heavy (non-hydrogen) atoms. The minimum atomic E-state index is -0.386. The predicted molar refractivity (Wildman–Crippen MR) is 121 cm³/mol. The fraction of sp³-hybridized carbons (Fsp3) is 0.680. The minimum Gasteiger partial charge on any atom is -0.379 e. The number of carbonyl (C=O) groups excluding carboxylic acids is 2. The average Bonchev–Trinajstić information content (AvgIpc) is 3.00. The monoisotopic (exact) mass is 445 g/mol. The van der Waals surface area contributed by atoms with Crippen LogP contribution in [-0.4, -0.2) is 85.0 Å². The Morgan fingerprint density at radius 1 is 1.19 bits per heavy atom. The number of carbonyl (C=O) groups is 2. The van der Waals surface area contributed by atoms with Crippen molar-refractivity contribution in [3.05, 3.63) is 35.6 Å². The molecule has 1 atom stereocenters. The topological polar surface area (TPSA) is 53.1 Å². The van der Waals surface area contributed by atoms with Crippen molar-refractivity contribution in [2.75, 3.05) is 52.5 Å². The van der Waals surface area contributed by atoms with Gasteiger partial charge in [-0.05, 0) is 49.3 Å². The first-order valence-electron chi connectivity index (χ1n) is 12.0. The highest BCUT2D eigenvalue weighted by Crippen LogP contribution is 2.45. The minimum absolute atomic E-state index is 0.0855. The molecule has 0 unspecified atom stereocenters. The second-order valence-electron chi connectivity index (χ2n) is 10.1. The first kappa shape index (κ1) is 23.2. The third-order valence-electron chi connectivity index (χ3n) is 7.24. The molecule has 1 aromatic rings. The zero-order chi connectivity index (χ0) is 22.7.